The highest BCUT2D eigenvalue weighted by molar-refractivity contribution is 6.02. The number of carboxylic acids is 1. The van der Waals surface area contributed by atoms with Gasteiger partial charge in [-0.3, -0.25) is 14.3 Å². The SMILES string of the molecule is NC(=O)Cn1cc(NC(=O)/C=C/C(=O)O)cn1. The summed E-state index contributed by atoms with van der Waals surface area (Å²) in [5.74, 6) is -2.38. The number of aromatic nitrogens is 2. The smallest absolute Gasteiger partial charge is 0.328 e. The summed E-state index contributed by atoms with van der Waals surface area (Å²) in [5, 5.41) is 14.4. The van der Waals surface area contributed by atoms with Gasteiger partial charge >= 0.3 is 5.97 Å². The molecule has 0 saturated carbocycles. The van der Waals surface area contributed by atoms with Crippen molar-refractivity contribution in [1.29, 1.82) is 0 Å². The lowest BCUT2D eigenvalue weighted by Gasteiger charge is -1.96. The van der Waals surface area contributed by atoms with Crippen molar-refractivity contribution in [1.82, 2.24) is 9.78 Å². The number of rotatable bonds is 5. The van der Waals surface area contributed by atoms with Gasteiger partial charge in [-0.05, 0) is 0 Å². The molecule has 1 rings (SSSR count). The number of anilines is 1. The molecule has 0 bridgehead atoms. The number of nitrogens with zero attached hydrogens (tertiary/aromatic N) is 2. The van der Waals surface area contributed by atoms with E-state index in [4.69, 9.17) is 10.8 Å². The highest BCUT2D eigenvalue weighted by Gasteiger charge is 2.03. The molecule has 0 aliphatic rings. The molecule has 8 heteroatoms. The fourth-order valence-electron chi connectivity index (χ4n) is 1.01. The minimum atomic E-state index is -1.22. The number of primary amides is 1. The maximum Gasteiger partial charge on any atom is 0.328 e. The van der Waals surface area contributed by atoms with Crippen LogP contribution >= 0.6 is 0 Å². The number of hydrogen-bond donors (Lipinski definition) is 3. The summed E-state index contributed by atoms with van der Waals surface area (Å²) in [6, 6.07) is 0. The van der Waals surface area contributed by atoms with Crippen LogP contribution in [0.4, 0.5) is 5.69 Å². The average Bonchev–Trinajstić information content (AvgIpc) is 2.61. The van der Waals surface area contributed by atoms with Crippen molar-refractivity contribution >= 4 is 23.5 Å². The number of carboxylic acid groups (broad SMARTS) is 1. The third-order valence-electron chi connectivity index (χ3n) is 1.60. The lowest BCUT2D eigenvalue weighted by Crippen LogP contribution is -2.18. The topological polar surface area (TPSA) is 127 Å². The molecular weight excluding hydrogens is 228 g/mol. The standard InChI is InChI=1S/C9H10N4O4/c10-7(14)5-13-4-6(3-11-13)12-8(15)1-2-9(16)17/h1-4H,5H2,(H2,10,14)(H,12,15)(H,16,17)/b2-1+. The molecule has 1 aromatic heterocycles. The number of aliphatic carboxylic acids is 1. The first-order valence-corrected chi connectivity index (χ1v) is 4.50. The van der Waals surface area contributed by atoms with Crippen LogP contribution in [-0.2, 0) is 20.9 Å². The number of carbonyl (C=O) groups excluding carboxylic acids is 2. The van der Waals surface area contributed by atoms with Crippen molar-refractivity contribution in [3.05, 3.63) is 24.5 Å². The molecule has 0 unspecified atom stereocenters. The Hall–Kier alpha value is -2.64. The zero-order valence-electron chi connectivity index (χ0n) is 8.66. The molecule has 0 fully saturated rings. The maximum absolute atomic E-state index is 11.2. The van der Waals surface area contributed by atoms with E-state index in [-0.39, 0.29) is 6.54 Å². The summed E-state index contributed by atoms with van der Waals surface area (Å²) in [4.78, 5) is 31.9. The van der Waals surface area contributed by atoms with E-state index in [1.807, 2.05) is 0 Å². The Morgan fingerprint density at radius 2 is 2.18 bits per heavy atom. The zero-order valence-corrected chi connectivity index (χ0v) is 8.66. The van der Waals surface area contributed by atoms with Gasteiger partial charge in [0.15, 0.2) is 0 Å². The summed E-state index contributed by atoms with van der Waals surface area (Å²) in [6.07, 6.45) is 4.30. The quantitative estimate of drug-likeness (QED) is 0.564. The van der Waals surface area contributed by atoms with Gasteiger partial charge in [-0.15, -0.1) is 0 Å². The minimum Gasteiger partial charge on any atom is -0.478 e. The molecule has 1 heterocycles. The van der Waals surface area contributed by atoms with Gasteiger partial charge in [-0.1, -0.05) is 0 Å². The van der Waals surface area contributed by atoms with Crippen LogP contribution in [0.15, 0.2) is 24.5 Å². The summed E-state index contributed by atoms with van der Waals surface area (Å²) >= 11 is 0. The van der Waals surface area contributed by atoms with Gasteiger partial charge in [0.1, 0.15) is 6.54 Å². The Kier molecular flexibility index (Phi) is 3.98. The number of nitrogens with two attached hydrogens (primary N) is 1. The Bertz CT molecular complexity index is 477. The molecule has 0 saturated heterocycles. The van der Waals surface area contributed by atoms with Gasteiger partial charge in [0.2, 0.25) is 11.8 Å². The first kappa shape index (κ1) is 12.4. The van der Waals surface area contributed by atoms with Gasteiger partial charge in [0, 0.05) is 18.3 Å². The molecule has 17 heavy (non-hydrogen) atoms. The number of nitrogens with one attached hydrogen (secondary N) is 1. The van der Waals surface area contributed by atoms with Gasteiger partial charge in [0.05, 0.1) is 11.9 Å². The lowest BCUT2D eigenvalue weighted by molar-refractivity contribution is -0.131. The van der Waals surface area contributed by atoms with Crippen molar-refractivity contribution in [2.45, 2.75) is 6.54 Å². The van der Waals surface area contributed by atoms with Crippen molar-refractivity contribution in [2.75, 3.05) is 5.32 Å². The zero-order chi connectivity index (χ0) is 12.8. The van der Waals surface area contributed by atoms with Crippen LogP contribution in [0, 0.1) is 0 Å². The first-order valence-electron chi connectivity index (χ1n) is 4.50. The molecule has 4 N–H and O–H groups in total. The van der Waals surface area contributed by atoms with Gasteiger partial charge in [-0.2, -0.15) is 5.10 Å². The van der Waals surface area contributed by atoms with E-state index in [0.717, 1.165) is 6.08 Å². The van der Waals surface area contributed by atoms with Crippen molar-refractivity contribution in [3.63, 3.8) is 0 Å². The van der Waals surface area contributed by atoms with Crippen LogP contribution < -0.4 is 11.1 Å². The summed E-state index contributed by atoms with van der Waals surface area (Å²) in [5.41, 5.74) is 5.29. The normalized spacial score (nSPS) is 10.4. The van der Waals surface area contributed by atoms with Gasteiger partial charge in [-0.25, -0.2) is 4.79 Å². The Balaban J connectivity index is 2.57. The highest BCUT2D eigenvalue weighted by Crippen LogP contribution is 2.04. The molecule has 0 aliphatic carbocycles. The van der Waals surface area contributed by atoms with E-state index in [1.165, 1.54) is 17.1 Å². The predicted octanol–water partition coefficient (Wildman–Crippen LogP) is -1.05. The van der Waals surface area contributed by atoms with Crippen LogP contribution in [0.25, 0.3) is 0 Å². The van der Waals surface area contributed by atoms with E-state index in [1.54, 1.807) is 0 Å². The number of hydrogen-bond acceptors (Lipinski definition) is 4. The monoisotopic (exact) mass is 238 g/mol. The van der Waals surface area contributed by atoms with Crippen molar-refractivity contribution < 1.29 is 19.5 Å². The maximum atomic E-state index is 11.2. The second-order valence-corrected chi connectivity index (χ2v) is 3.05. The average molecular weight is 238 g/mol. The molecule has 0 spiro atoms. The Morgan fingerprint density at radius 1 is 1.47 bits per heavy atom. The molecule has 1 aromatic rings. The fourth-order valence-corrected chi connectivity index (χ4v) is 1.01. The van der Waals surface area contributed by atoms with E-state index >= 15 is 0 Å². The second kappa shape index (κ2) is 5.45. The molecular formula is C9H10N4O4. The van der Waals surface area contributed by atoms with Crippen molar-refractivity contribution in [3.8, 4) is 0 Å². The van der Waals surface area contributed by atoms with Crippen LogP contribution in [0.5, 0.6) is 0 Å². The van der Waals surface area contributed by atoms with E-state index in [2.05, 4.69) is 10.4 Å². The highest BCUT2D eigenvalue weighted by atomic mass is 16.4. The molecule has 0 radical (unpaired) electrons. The Labute approximate surface area is 95.7 Å². The molecule has 8 nitrogen and oxygen atoms in total. The minimum absolute atomic E-state index is 0.0964. The summed E-state index contributed by atoms with van der Waals surface area (Å²) in [6.45, 7) is -0.0964. The summed E-state index contributed by atoms with van der Waals surface area (Å²) in [7, 11) is 0. The van der Waals surface area contributed by atoms with Crippen LogP contribution in [0.1, 0.15) is 0 Å². The van der Waals surface area contributed by atoms with Crippen LogP contribution in [-0.4, -0.2) is 32.7 Å². The molecule has 0 atom stereocenters. The van der Waals surface area contributed by atoms with Crippen LogP contribution in [0.3, 0.4) is 0 Å². The number of carbonyl (C=O) groups is 3. The third kappa shape index (κ3) is 4.60. The first-order chi connectivity index (χ1) is 7.97. The van der Waals surface area contributed by atoms with Gasteiger partial charge < -0.3 is 16.2 Å². The van der Waals surface area contributed by atoms with Crippen LogP contribution in [0.2, 0.25) is 0 Å². The molecule has 2 amide bonds. The molecule has 90 valence electrons. The van der Waals surface area contributed by atoms with E-state index in [9.17, 15) is 14.4 Å². The number of amides is 2. The fraction of sp³-hybridized carbons (Fsp3) is 0.111. The summed E-state index contributed by atoms with van der Waals surface area (Å²) < 4.78 is 1.25. The Morgan fingerprint density at radius 3 is 2.76 bits per heavy atom. The lowest BCUT2D eigenvalue weighted by atomic mass is 10.4. The predicted molar refractivity (Wildman–Crippen MR) is 56.8 cm³/mol. The van der Waals surface area contributed by atoms with Gasteiger partial charge in [0.25, 0.3) is 0 Å². The molecule has 0 aromatic carbocycles. The van der Waals surface area contributed by atoms with E-state index < -0.39 is 17.8 Å². The third-order valence-corrected chi connectivity index (χ3v) is 1.60. The van der Waals surface area contributed by atoms with Crippen molar-refractivity contribution in [2.24, 2.45) is 5.73 Å². The largest absolute Gasteiger partial charge is 0.478 e. The molecule has 0 aliphatic heterocycles. The second-order valence-electron chi connectivity index (χ2n) is 3.05. The van der Waals surface area contributed by atoms with E-state index in [0.29, 0.717) is 11.8 Å².